The lowest BCUT2D eigenvalue weighted by atomic mass is 10.1. The van der Waals surface area contributed by atoms with Gasteiger partial charge in [0, 0.05) is 44.0 Å². The van der Waals surface area contributed by atoms with Crippen LogP contribution in [0.5, 0.6) is 0 Å². The Morgan fingerprint density at radius 2 is 1.94 bits per heavy atom. The highest BCUT2D eigenvalue weighted by atomic mass is 16.6. The summed E-state index contributed by atoms with van der Waals surface area (Å²) in [5.74, 6) is 0. The minimum Gasteiger partial charge on any atom is -0.472 e. The van der Waals surface area contributed by atoms with E-state index in [2.05, 4.69) is 56.9 Å². The Balaban J connectivity index is 1.30. The molecule has 1 aliphatic rings. The van der Waals surface area contributed by atoms with Gasteiger partial charge in [-0.25, -0.2) is 9.78 Å². The van der Waals surface area contributed by atoms with E-state index in [1.807, 2.05) is 19.3 Å². The average molecular weight is 431 g/mol. The molecule has 7 heteroatoms. The molecule has 32 heavy (non-hydrogen) atoms. The molecule has 0 N–H and O–H groups in total. The van der Waals surface area contributed by atoms with E-state index < -0.39 is 0 Å². The molecule has 1 saturated heterocycles. The lowest BCUT2D eigenvalue weighted by Gasteiger charge is -2.34. The third-order valence-corrected chi connectivity index (χ3v) is 5.89. The number of hydrogen-bond donors (Lipinski definition) is 0. The topological polar surface area (TPSA) is 63.7 Å². The van der Waals surface area contributed by atoms with Crippen molar-refractivity contribution < 1.29 is 13.9 Å². The highest BCUT2D eigenvalue weighted by Crippen LogP contribution is 2.26. The number of furan rings is 1. The number of hydrogen-bond acceptors (Lipinski definition) is 5. The van der Waals surface area contributed by atoms with Crippen molar-refractivity contribution in [3.8, 4) is 16.8 Å². The van der Waals surface area contributed by atoms with Gasteiger partial charge in [0.15, 0.2) is 0 Å². The smallest absolute Gasteiger partial charge is 0.409 e. The maximum Gasteiger partial charge on any atom is 0.409 e. The van der Waals surface area contributed by atoms with Crippen molar-refractivity contribution in [3.63, 3.8) is 0 Å². The van der Waals surface area contributed by atoms with Crippen LogP contribution in [-0.2, 0) is 11.3 Å². The zero-order chi connectivity index (χ0) is 21.9. The largest absolute Gasteiger partial charge is 0.472 e. The van der Waals surface area contributed by atoms with Crippen molar-refractivity contribution in [2.45, 2.75) is 13.5 Å². The van der Waals surface area contributed by atoms with Crippen LogP contribution in [0.2, 0.25) is 0 Å². The predicted octanol–water partition coefficient (Wildman–Crippen LogP) is 4.56. The number of rotatable bonds is 5. The van der Waals surface area contributed by atoms with E-state index in [1.165, 1.54) is 5.56 Å². The molecular formula is C25H26N4O3. The maximum absolute atomic E-state index is 11.9. The molecule has 0 spiro atoms. The monoisotopic (exact) mass is 430 g/mol. The van der Waals surface area contributed by atoms with E-state index in [-0.39, 0.29) is 6.09 Å². The van der Waals surface area contributed by atoms with Gasteiger partial charge in [-0.1, -0.05) is 18.2 Å². The first-order valence-electron chi connectivity index (χ1n) is 10.9. The molecule has 3 heterocycles. The summed E-state index contributed by atoms with van der Waals surface area (Å²) in [6.07, 6.45) is 5.09. The number of imidazole rings is 1. The van der Waals surface area contributed by atoms with E-state index in [0.717, 1.165) is 47.5 Å². The SMILES string of the molecule is CCOC(=O)N1CCN(Cc2cccc(-n3cnc4cc(-c5ccoc5)ccc43)c2)CC1. The fraction of sp³-hybridized carbons (Fsp3) is 0.280. The summed E-state index contributed by atoms with van der Waals surface area (Å²) in [5, 5.41) is 0. The molecule has 4 aromatic rings. The summed E-state index contributed by atoms with van der Waals surface area (Å²) < 4.78 is 12.4. The molecule has 7 nitrogen and oxygen atoms in total. The molecule has 5 rings (SSSR count). The summed E-state index contributed by atoms with van der Waals surface area (Å²) >= 11 is 0. The van der Waals surface area contributed by atoms with Crippen molar-refractivity contribution in [3.05, 3.63) is 72.9 Å². The fourth-order valence-electron chi connectivity index (χ4n) is 4.19. The first-order valence-corrected chi connectivity index (χ1v) is 10.9. The van der Waals surface area contributed by atoms with Gasteiger partial charge >= 0.3 is 6.09 Å². The summed E-state index contributed by atoms with van der Waals surface area (Å²) in [5.41, 5.74) is 6.48. The van der Waals surface area contributed by atoms with E-state index in [1.54, 1.807) is 17.4 Å². The van der Waals surface area contributed by atoms with Crippen LogP contribution in [0.4, 0.5) is 4.79 Å². The van der Waals surface area contributed by atoms with Gasteiger partial charge in [-0.2, -0.15) is 0 Å². The average Bonchev–Trinajstić information content (AvgIpc) is 3.50. The molecule has 1 fully saturated rings. The van der Waals surface area contributed by atoms with Crippen LogP contribution in [0.3, 0.4) is 0 Å². The number of aromatic nitrogens is 2. The van der Waals surface area contributed by atoms with Crippen molar-refractivity contribution in [2.24, 2.45) is 0 Å². The van der Waals surface area contributed by atoms with Gasteiger partial charge in [-0.15, -0.1) is 0 Å². The standard InChI is InChI=1S/C25H26N4O3/c1-2-32-25(30)28-11-9-27(10-12-28)16-19-4-3-5-22(14-19)29-18-26-23-15-20(6-7-24(23)29)21-8-13-31-17-21/h3-8,13-15,17-18H,2,9-12,16H2,1H3. The molecule has 2 aromatic heterocycles. The Labute approximate surface area is 186 Å². The number of piperazine rings is 1. The van der Waals surface area contributed by atoms with E-state index in [0.29, 0.717) is 19.7 Å². The predicted molar refractivity (Wildman–Crippen MR) is 123 cm³/mol. The summed E-state index contributed by atoms with van der Waals surface area (Å²) in [7, 11) is 0. The number of carbonyl (C=O) groups is 1. The van der Waals surface area contributed by atoms with Crippen LogP contribution in [-0.4, -0.2) is 58.2 Å². The van der Waals surface area contributed by atoms with Crippen LogP contribution in [0, 0.1) is 0 Å². The lowest BCUT2D eigenvalue weighted by molar-refractivity contribution is 0.0778. The first-order chi connectivity index (χ1) is 15.7. The van der Waals surface area contributed by atoms with E-state index >= 15 is 0 Å². The molecule has 0 unspecified atom stereocenters. The van der Waals surface area contributed by atoms with Crippen molar-refractivity contribution in [2.75, 3.05) is 32.8 Å². The van der Waals surface area contributed by atoms with Gasteiger partial charge < -0.3 is 14.1 Å². The first kappa shape index (κ1) is 20.3. The minimum absolute atomic E-state index is 0.211. The fourth-order valence-corrected chi connectivity index (χ4v) is 4.19. The summed E-state index contributed by atoms with van der Waals surface area (Å²) in [6.45, 7) is 6.18. The van der Waals surface area contributed by atoms with E-state index in [4.69, 9.17) is 9.15 Å². The van der Waals surface area contributed by atoms with Gasteiger partial charge in [0.1, 0.15) is 6.33 Å². The van der Waals surface area contributed by atoms with Gasteiger partial charge in [0.05, 0.1) is 30.2 Å². The molecule has 1 amide bonds. The summed E-state index contributed by atoms with van der Waals surface area (Å²) in [6, 6.07) is 16.8. The summed E-state index contributed by atoms with van der Waals surface area (Å²) in [4.78, 5) is 20.7. The molecular weight excluding hydrogens is 404 g/mol. The molecule has 0 radical (unpaired) electrons. The highest BCUT2D eigenvalue weighted by Gasteiger charge is 2.22. The Kier molecular flexibility index (Phi) is 5.64. The van der Waals surface area contributed by atoms with Crippen LogP contribution < -0.4 is 0 Å². The van der Waals surface area contributed by atoms with Gasteiger partial charge in [-0.05, 0) is 48.4 Å². The molecule has 0 saturated carbocycles. The lowest BCUT2D eigenvalue weighted by Crippen LogP contribution is -2.48. The van der Waals surface area contributed by atoms with Crippen molar-refractivity contribution in [1.82, 2.24) is 19.4 Å². The number of nitrogens with zero attached hydrogens (tertiary/aromatic N) is 4. The number of carbonyl (C=O) groups excluding carboxylic acids is 1. The molecule has 1 aliphatic heterocycles. The van der Waals surface area contributed by atoms with Crippen LogP contribution in [0.15, 0.2) is 71.8 Å². The maximum atomic E-state index is 11.9. The molecule has 2 aromatic carbocycles. The molecule has 164 valence electrons. The highest BCUT2D eigenvalue weighted by molar-refractivity contribution is 5.83. The Hall–Kier alpha value is -3.58. The van der Waals surface area contributed by atoms with Gasteiger partial charge in [0.25, 0.3) is 0 Å². The van der Waals surface area contributed by atoms with Gasteiger partial charge in [-0.3, -0.25) is 9.47 Å². The third-order valence-electron chi connectivity index (χ3n) is 5.89. The van der Waals surface area contributed by atoms with Crippen LogP contribution >= 0.6 is 0 Å². The third kappa shape index (κ3) is 4.11. The normalized spacial score (nSPS) is 14.7. The Bertz CT molecular complexity index is 1210. The van der Waals surface area contributed by atoms with Crippen molar-refractivity contribution >= 4 is 17.1 Å². The molecule has 0 bridgehead atoms. The van der Waals surface area contributed by atoms with Crippen molar-refractivity contribution in [1.29, 1.82) is 0 Å². The molecule has 0 atom stereocenters. The quantitative estimate of drug-likeness (QED) is 0.464. The van der Waals surface area contributed by atoms with Gasteiger partial charge in [0.2, 0.25) is 0 Å². The minimum atomic E-state index is -0.211. The Morgan fingerprint density at radius 1 is 1.06 bits per heavy atom. The molecule has 0 aliphatic carbocycles. The van der Waals surface area contributed by atoms with Crippen LogP contribution in [0.25, 0.3) is 27.8 Å². The second kappa shape index (κ2) is 8.88. The number of benzene rings is 2. The second-order valence-corrected chi connectivity index (χ2v) is 7.96. The zero-order valence-electron chi connectivity index (χ0n) is 18.1. The number of amides is 1. The van der Waals surface area contributed by atoms with E-state index in [9.17, 15) is 4.79 Å². The number of fused-ring (bicyclic) bond motifs is 1. The number of ether oxygens (including phenoxy) is 1. The zero-order valence-corrected chi connectivity index (χ0v) is 18.1. The second-order valence-electron chi connectivity index (χ2n) is 7.96. The van der Waals surface area contributed by atoms with Crippen LogP contribution in [0.1, 0.15) is 12.5 Å². The Morgan fingerprint density at radius 3 is 2.72 bits per heavy atom.